The number of benzene rings is 3. The predicted octanol–water partition coefficient (Wildman–Crippen LogP) is 5.04. The van der Waals surface area contributed by atoms with Crippen LogP contribution in [0.3, 0.4) is 0 Å². The predicted molar refractivity (Wildman–Crippen MR) is 106 cm³/mol. The third kappa shape index (κ3) is 3.64. The van der Waals surface area contributed by atoms with Gasteiger partial charge in [-0.05, 0) is 66.7 Å². The summed E-state index contributed by atoms with van der Waals surface area (Å²) >= 11 is 5.88. The van der Waals surface area contributed by atoms with E-state index in [1.807, 2.05) is 42.5 Å². The van der Waals surface area contributed by atoms with Crippen LogP contribution in [0.5, 0.6) is 11.5 Å². The van der Waals surface area contributed by atoms with Gasteiger partial charge in [0.1, 0.15) is 17.3 Å². The molecule has 4 aromatic rings. The summed E-state index contributed by atoms with van der Waals surface area (Å²) in [4.78, 5) is 19.6. The first kappa shape index (κ1) is 17.1. The number of halogens is 1. The molecule has 0 unspecified atom stereocenters. The molecule has 27 heavy (non-hydrogen) atoms. The normalized spacial score (nSPS) is 10.7. The van der Waals surface area contributed by atoms with E-state index >= 15 is 0 Å². The quantitative estimate of drug-likeness (QED) is 0.523. The van der Waals surface area contributed by atoms with Crippen LogP contribution in [0.2, 0.25) is 5.02 Å². The number of fused-ring (bicyclic) bond motifs is 1. The first-order valence-corrected chi connectivity index (χ1v) is 8.76. The Labute approximate surface area is 161 Å². The lowest BCUT2D eigenvalue weighted by molar-refractivity contribution is 0.0963. The number of aromatic amines is 1. The fraction of sp³-hybridized carbons (Fsp3) is 0.0476. The molecule has 0 saturated heterocycles. The van der Waals surface area contributed by atoms with Crippen molar-refractivity contribution in [1.29, 1.82) is 0 Å². The molecule has 134 valence electrons. The van der Waals surface area contributed by atoms with Crippen molar-refractivity contribution in [1.82, 2.24) is 15.3 Å². The maximum absolute atomic E-state index is 11.8. The van der Waals surface area contributed by atoms with E-state index in [0.717, 1.165) is 33.9 Å². The van der Waals surface area contributed by atoms with Crippen molar-refractivity contribution in [3.63, 3.8) is 0 Å². The molecule has 2 N–H and O–H groups in total. The summed E-state index contributed by atoms with van der Waals surface area (Å²) in [5.74, 6) is 2.04. The molecular weight excluding hydrogens is 362 g/mol. The maximum Gasteiger partial charge on any atom is 0.251 e. The Morgan fingerprint density at radius 3 is 2.33 bits per heavy atom. The van der Waals surface area contributed by atoms with Crippen LogP contribution < -0.4 is 10.1 Å². The van der Waals surface area contributed by atoms with E-state index in [9.17, 15) is 4.79 Å². The van der Waals surface area contributed by atoms with Crippen molar-refractivity contribution in [3.05, 3.63) is 77.3 Å². The van der Waals surface area contributed by atoms with Crippen molar-refractivity contribution in [2.75, 3.05) is 7.05 Å². The maximum atomic E-state index is 11.8. The Hall–Kier alpha value is -3.31. The van der Waals surface area contributed by atoms with Gasteiger partial charge >= 0.3 is 0 Å². The highest BCUT2D eigenvalue weighted by Gasteiger charge is 2.09. The SMILES string of the molecule is CNC(=O)c1ccc2[nH]c(-c3ccc(Oc4ccc(Cl)cc4)cc3)nc2c1. The molecule has 0 atom stereocenters. The molecule has 1 amide bonds. The van der Waals surface area contributed by atoms with E-state index in [-0.39, 0.29) is 5.91 Å². The third-order valence-corrected chi connectivity index (χ3v) is 4.40. The average molecular weight is 378 g/mol. The summed E-state index contributed by atoms with van der Waals surface area (Å²) in [6.45, 7) is 0. The highest BCUT2D eigenvalue weighted by Crippen LogP contribution is 2.27. The molecule has 3 aromatic carbocycles. The first-order valence-electron chi connectivity index (χ1n) is 8.38. The van der Waals surface area contributed by atoms with Crippen LogP contribution in [0.15, 0.2) is 66.7 Å². The van der Waals surface area contributed by atoms with Crippen LogP contribution in [-0.4, -0.2) is 22.9 Å². The monoisotopic (exact) mass is 377 g/mol. The second-order valence-corrected chi connectivity index (χ2v) is 6.41. The number of H-pyrrole nitrogens is 1. The van der Waals surface area contributed by atoms with E-state index in [2.05, 4.69) is 15.3 Å². The lowest BCUT2D eigenvalue weighted by Crippen LogP contribution is -2.17. The number of imidazole rings is 1. The van der Waals surface area contributed by atoms with Gasteiger partial charge in [-0.2, -0.15) is 0 Å². The molecule has 0 radical (unpaired) electrons. The van der Waals surface area contributed by atoms with Crippen molar-refractivity contribution in [3.8, 4) is 22.9 Å². The molecule has 6 heteroatoms. The zero-order valence-electron chi connectivity index (χ0n) is 14.5. The van der Waals surface area contributed by atoms with Gasteiger partial charge in [0.25, 0.3) is 5.91 Å². The number of ether oxygens (including phenoxy) is 1. The topological polar surface area (TPSA) is 67.0 Å². The summed E-state index contributed by atoms with van der Waals surface area (Å²) in [5.41, 5.74) is 3.12. The first-order chi connectivity index (χ1) is 13.1. The van der Waals surface area contributed by atoms with Gasteiger partial charge in [-0.25, -0.2) is 4.98 Å². The van der Waals surface area contributed by atoms with Crippen molar-refractivity contribution in [2.24, 2.45) is 0 Å². The van der Waals surface area contributed by atoms with E-state index < -0.39 is 0 Å². The Bertz CT molecular complexity index is 1100. The Morgan fingerprint density at radius 1 is 1.00 bits per heavy atom. The van der Waals surface area contributed by atoms with Crippen LogP contribution in [-0.2, 0) is 0 Å². The zero-order chi connectivity index (χ0) is 18.8. The summed E-state index contributed by atoms with van der Waals surface area (Å²) < 4.78 is 5.80. The smallest absolute Gasteiger partial charge is 0.251 e. The largest absolute Gasteiger partial charge is 0.457 e. The number of carbonyl (C=O) groups is 1. The van der Waals surface area contributed by atoms with Crippen LogP contribution >= 0.6 is 11.6 Å². The molecule has 0 aliphatic rings. The number of aromatic nitrogens is 2. The molecule has 0 bridgehead atoms. The van der Waals surface area contributed by atoms with Gasteiger partial charge in [-0.15, -0.1) is 0 Å². The van der Waals surface area contributed by atoms with Gasteiger partial charge in [0.15, 0.2) is 0 Å². The van der Waals surface area contributed by atoms with E-state index in [1.165, 1.54) is 0 Å². The summed E-state index contributed by atoms with van der Waals surface area (Å²) in [6.07, 6.45) is 0. The minimum atomic E-state index is -0.134. The molecule has 4 rings (SSSR count). The average Bonchev–Trinajstić information content (AvgIpc) is 3.13. The van der Waals surface area contributed by atoms with Gasteiger partial charge in [0, 0.05) is 23.2 Å². The second kappa shape index (κ2) is 7.13. The van der Waals surface area contributed by atoms with Crippen LogP contribution in [0, 0.1) is 0 Å². The standard InChI is InChI=1S/C21H16ClN3O2/c1-23-21(26)14-4-11-18-19(12-14)25-20(24-18)13-2-7-16(8-3-13)27-17-9-5-15(22)6-10-17/h2-12H,1H3,(H,23,26)(H,24,25). The number of hydrogen-bond donors (Lipinski definition) is 2. The Morgan fingerprint density at radius 2 is 1.67 bits per heavy atom. The number of nitrogens with one attached hydrogen (secondary N) is 2. The lowest BCUT2D eigenvalue weighted by atomic mass is 10.2. The molecule has 0 aliphatic carbocycles. The number of carbonyl (C=O) groups excluding carboxylic acids is 1. The number of rotatable bonds is 4. The fourth-order valence-corrected chi connectivity index (χ4v) is 2.87. The van der Waals surface area contributed by atoms with Crippen molar-refractivity contribution < 1.29 is 9.53 Å². The summed E-state index contributed by atoms with van der Waals surface area (Å²) in [6, 6.07) is 20.2. The minimum absolute atomic E-state index is 0.134. The number of hydrogen-bond acceptors (Lipinski definition) is 3. The van der Waals surface area contributed by atoms with Crippen LogP contribution in [0.1, 0.15) is 10.4 Å². The van der Waals surface area contributed by atoms with Crippen LogP contribution in [0.25, 0.3) is 22.4 Å². The van der Waals surface area contributed by atoms with E-state index in [1.54, 1.807) is 31.3 Å². The number of amides is 1. The molecule has 1 heterocycles. The van der Waals surface area contributed by atoms with Gasteiger partial charge < -0.3 is 15.0 Å². The van der Waals surface area contributed by atoms with Crippen molar-refractivity contribution >= 4 is 28.5 Å². The molecule has 0 fully saturated rings. The zero-order valence-corrected chi connectivity index (χ0v) is 15.2. The Balaban J connectivity index is 1.57. The molecule has 0 aliphatic heterocycles. The molecular formula is C21H16ClN3O2. The third-order valence-electron chi connectivity index (χ3n) is 4.15. The molecule has 5 nitrogen and oxygen atoms in total. The second-order valence-electron chi connectivity index (χ2n) is 5.98. The highest BCUT2D eigenvalue weighted by atomic mass is 35.5. The summed E-state index contributed by atoms with van der Waals surface area (Å²) in [5, 5.41) is 3.28. The van der Waals surface area contributed by atoms with Crippen molar-refractivity contribution in [2.45, 2.75) is 0 Å². The fourth-order valence-electron chi connectivity index (χ4n) is 2.75. The minimum Gasteiger partial charge on any atom is -0.457 e. The van der Waals surface area contributed by atoms with Gasteiger partial charge in [0.2, 0.25) is 0 Å². The van der Waals surface area contributed by atoms with Gasteiger partial charge in [0.05, 0.1) is 11.0 Å². The molecule has 0 spiro atoms. The lowest BCUT2D eigenvalue weighted by Gasteiger charge is -2.06. The summed E-state index contributed by atoms with van der Waals surface area (Å²) in [7, 11) is 1.61. The molecule has 0 saturated carbocycles. The van der Waals surface area contributed by atoms with Crippen LogP contribution in [0.4, 0.5) is 0 Å². The molecule has 1 aromatic heterocycles. The number of nitrogens with zero attached hydrogens (tertiary/aromatic N) is 1. The highest BCUT2D eigenvalue weighted by molar-refractivity contribution is 6.30. The van der Waals surface area contributed by atoms with E-state index in [0.29, 0.717) is 10.6 Å². The van der Waals surface area contributed by atoms with E-state index in [4.69, 9.17) is 16.3 Å². The van der Waals surface area contributed by atoms with Gasteiger partial charge in [-0.1, -0.05) is 11.6 Å². The Kier molecular flexibility index (Phi) is 4.52. The van der Waals surface area contributed by atoms with Gasteiger partial charge in [-0.3, -0.25) is 4.79 Å².